The van der Waals surface area contributed by atoms with E-state index in [0.29, 0.717) is 19.6 Å². The molecule has 0 aromatic rings. The second-order valence-corrected chi connectivity index (χ2v) is 8.57. The van der Waals surface area contributed by atoms with Crippen molar-refractivity contribution in [3.63, 3.8) is 0 Å². The first-order chi connectivity index (χ1) is 13.9. The van der Waals surface area contributed by atoms with Gasteiger partial charge in [0.15, 0.2) is 0 Å². The summed E-state index contributed by atoms with van der Waals surface area (Å²) < 4.78 is 10.8. The van der Waals surface area contributed by atoms with Crippen LogP contribution in [0.25, 0.3) is 0 Å². The van der Waals surface area contributed by atoms with E-state index in [-0.39, 0.29) is 11.9 Å². The predicted octanol–water partition coefficient (Wildman–Crippen LogP) is 6.73. The maximum absolute atomic E-state index is 12.6. The van der Waals surface area contributed by atoms with E-state index < -0.39 is 12.1 Å². The highest BCUT2D eigenvalue weighted by Gasteiger charge is 2.29. The van der Waals surface area contributed by atoms with Gasteiger partial charge in [-0.1, -0.05) is 91.9 Å². The quantitative estimate of drug-likeness (QED) is 0.184. The number of esters is 1. The van der Waals surface area contributed by atoms with E-state index in [1.807, 2.05) is 13.8 Å². The number of ether oxygens (including phenoxy) is 2. The fourth-order valence-corrected chi connectivity index (χ4v) is 3.28. The van der Waals surface area contributed by atoms with Crippen molar-refractivity contribution >= 4 is 12.1 Å². The topological polar surface area (TPSA) is 55.8 Å². The molecule has 0 rings (SSSR count). The zero-order chi connectivity index (χ0) is 21.9. The number of likely N-dealkylation sites (N-methyl/N-ethyl adjacent to an activating group) is 1. The van der Waals surface area contributed by atoms with Crippen molar-refractivity contribution in [1.82, 2.24) is 4.90 Å². The summed E-state index contributed by atoms with van der Waals surface area (Å²) in [5, 5.41) is 0. The van der Waals surface area contributed by atoms with E-state index in [2.05, 4.69) is 13.8 Å². The molecule has 0 radical (unpaired) electrons. The summed E-state index contributed by atoms with van der Waals surface area (Å²) in [5.41, 5.74) is 0. The molecular formula is C24H47NO4. The fourth-order valence-electron chi connectivity index (χ4n) is 3.28. The number of hydrogen-bond acceptors (Lipinski definition) is 4. The van der Waals surface area contributed by atoms with Crippen LogP contribution < -0.4 is 0 Å². The van der Waals surface area contributed by atoms with Crippen LogP contribution in [0.1, 0.15) is 111 Å². The predicted molar refractivity (Wildman–Crippen MR) is 120 cm³/mol. The molecule has 0 aromatic carbocycles. The Morgan fingerprint density at radius 3 is 1.69 bits per heavy atom. The van der Waals surface area contributed by atoms with Crippen molar-refractivity contribution < 1.29 is 19.1 Å². The van der Waals surface area contributed by atoms with Gasteiger partial charge < -0.3 is 9.47 Å². The number of hydrogen-bond donors (Lipinski definition) is 0. The van der Waals surface area contributed by atoms with Crippen molar-refractivity contribution in [2.75, 3.05) is 20.3 Å². The normalized spacial score (nSPS) is 12.1. The molecule has 0 spiro atoms. The highest BCUT2D eigenvalue weighted by molar-refractivity contribution is 5.81. The second-order valence-electron chi connectivity index (χ2n) is 8.57. The standard InChI is InChI=1S/C24H47NO4/c1-6-8-10-12-13-14-15-17-18-28-23(26)22(20-21(3)4)25(5)24(27)29-19-16-11-9-7-2/h21-22H,6-20H2,1-5H3/t22-/m0/s1. The van der Waals surface area contributed by atoms with Gasteiger partial charge in [0.25, 0.3) is 0 Å². The van der Waals surface area contributed by atoms with E-state index in [9.17, 15) is 9.59 Å². The minimum absolute atomic E-state index is 0.287. The van der Waals surface area contributed by atoms with Gasteiger partial charge in [0.05, 0.1) is 13.2 Å². The second kappa shape index (κ2) is 18.7. The smallest absolute Gasteiger partial charge is 0.410 e. The maximum atomic E-state index is 12.6. The highest BCUT2D eigenvalue weighted by Crippen LogP contribution is 2.15. The third-order valence-corrected chi connectivity index (χ3v) is 5.19. The van der Waals surface area contributed by atoms with Crippen LogP contribution in [0.5, 0.6) is 0 Å². The molecule has 0 aliphatic heterocycles. The lowest BCUT2D eigenvalue weighted by molar-refractivity contribution is -0.149. The number of nitrogens with zero attached hydrogens (tertiary/aromatic N) is 1. The van der Waals surface area contributed by atoms with Crippen molar-refractivity contribution in [3.05, 3.63) is 0 Å². The molecule has 1 amide bonds. The van der Waals surface area contributed by atoms with Crippen molar-refractivity contribution in [2.24, 2.45) is 5.92 Å². The number of carbonyl (C=O) groups excluding carboxylic acids is 2. The van der Waals surface area contributed by atoms with Gasteiger partial charge in [0.1, 0.15) is 6.04 Å². The summed E-state index contributed by atoms with van der Waals surface area (Å²) in [4.78, 5) is 26.3. The van der Waals surface area contributed by atoms with Crippen LogP contribution >= 0.6 is 0 Å². The van der Waals surface area contributed by atoms with Crippen molar-refractivity contribution in [1.29, 1.82) is 0 Å². The van der Waals surface area contributed by atoms with Gasteiger partial charge in [0.2, 0.25) is 0 Å². The van der Waals surface area contributed by atoms with Crippen molar-refractivity contribution in [2.45, 2.75) is 117 Å². The zero-order valence-corrected chi connectivity index (χ0v) is 19.8. The molecule has 0 aliphatic rings. The molecule has 0 bridgehead atoms. The molecule has 0 N–H and O–H groups in total. The van der Waals surface area contributed by atoms with Crippen LogP contribution in [0, 0.1) is 5.92 Å². The molecule has 1 atom stereocenters. The van der Waals surface area contributed by atoms with Gasteiger partial charge in [-0.3, -0.25) is 4.90 Å². The van der Waals surface area contributed by atoms with Gasteiger partial charge in [-0.25, -0.2) is 9.59 Å². The number of unbranched alkanes of at least 4 members (excludes halogenated alkanes) is 10. The van der Waals surface area contributed by atoms with Gasteiger partial charge in [-0.05, 0) is 25.2 Å². The maximum Gasteiger partial charge on any atom is 0.410 e. The minimum Gasteiger partial charge on any atom is -0.464 e. The molecule has 0 unspecified atom stereocenters. The average molecular weight is 414 g/mol. The lowest BCUT2D eigenvalue weighted by Crippen LogP contribution is -2.44. The highest BCUT2D eigenvalue weighted by atomic mass is 16.6. The molecule has 5 heteroatoms. The first-order valence-electron chi connectivity index (χ1n) is 12.0. The monoisotopic (exact) mass is 413 g/mol. The van der Waals surface area contributed by atoms with Crippen molar-refractivity contribution in [3.8, 4) is 0 Å². The van der Waals surface area contributed by atoms with Crippen LogP contribution in [0.4, 0.5) is 4.79 Å². The summed E-state index contributed by atoms with van der Waals surface area (Å²) >= 11 is 0. The number of carbonyl (C=O) groups is 2. The molecule has 0 saturated heterocycles. The Kier molecular flexibility index (Phi) is 17.9. The molecule has 0 aromatic heterocycles. The molecule has 0 fully saturated rings. The summed E-state index contributed by atoms with van der Waals surface area (Å²) in [6, 6.07) is -0.577. The fraction of sp³-hybridized carbons (Fsp3) is 0.917. The third kappa shape index (κ3) is 15.3. The van der Waals surface area contributed by atoms with Crippen LogP contribution in [0.3, 0.4) is 0 Å². The molecule has 5 nitrogen and oxygen atoms in total. The Bertz CT molecular complexity index is 412. The minimum atomic E-state index is -0.577. The van der Waals surface area contributed by atoms with Gasteiger partial charge >= 0.3 is 12.1 Å². The van der Waals surface area contributed by atoms with E-state index in [4.69, 9.17) is 9.47 Å². The van der Waals surface area contributed by atoms with Gasteiger partial charge in [0, 0.05) is 7.05 Å². The molecule has 29 heavy (non-hydrogen) atoms. The first-order valence-corrected chi connectivity index (χ1v) is 12.0. The Morgan fingerprint density at radius 2 is 1.17 bits per heavy atom. The average Bonchev–Trinajstić information content (AvgIpc) is 2.69. The summed E-state index contributed by atoms with van der Waals surface area (Å²) in [7, 11) is 1.64. The van der Waals surface area contributed by atoms with Crippen LogP contribution in [0.15, 0.2) is 0 Å². The third-order valence-electron chi connectivity index (χ3n) is 5.19. The van der Waals surface area contributed by atoms with Crippen LogP contribution in [-0.4, -0.2) is 43.3 Å². The zero-order valence-electron chi connectivity index (χ0n) is 19.8. The van der Waals surface area contributed by atoms with Gasteiger partial charge in [-0.2, -0.15) is 0 Å². The summed E-state index contributed by atoms with van der Waals surface area (Å²) in [6.07, 6.45) is 14.0. The molecule has 0 saturated carbocycles. The Morgan fingerprint density at radius 1 is 0.724 bits per heavy atom. The molecule has 0 heterocycles. The van der Waals surface area contributed by atoms with E-state index >= 15 is 0 Å². The largest absolute Gasteiger partial charge is 0.464 e. The lowest BCUT2D eigenvalue weighted by Gasteiger charge is -2.27. The Hall–Kier alpha value is -1.26. The SMILES string of the molecule is CCCCCCCCCCOC(=O)[C@H](CC(C)C)N(C)C(=O)OCCCCCC. The Balaban J connectivity index is 4.21. The Labute approximate surface area is 179 Å². The van der Waals surface area contributed by atoms with E-state index in [1.54, 1.807) is 7.05 Å². The summed E-state index contributed by atoms with van der Waals surface area (Å²) in [5.74, 6) is -0.0254. The van der Waals surface area contributed by atoms with E-state index in [0.717, 1.165) is 38.5 Å². The number of rotatable bonds is 18. The van der Waals surface area contributed by atoms with Crippen LogP contribution in [0.2, 0.25) is 0 Å². The molecular weight excluding hydrogens is 366 g/mol. The van der Waals surface area contributed by atoms with E-state index in [1.165, 1.54) is 43.4 Å². The summed E-state index contributed by atoms with van der Waals surface area (Å²) in [6.45, 7) is 9.31. The van der Waals surface area contributed by atoms with Crippen LogP contribution in [-0.2, 0) is 14.3 Å². The lowest BCUT2D eigenvalue weighted by atomic mass is 10.0. The molecule has 172 valence electrons. The number of amides is 1. The first kappa shape index (κ1) is 27.7. The molecule has 0 aliphatic carbocycles. The van der Waals surface area contributed by atoms with Gasteiger partial charge in [-0.15, -0.1) is 0 Å².